The van der Waals surface area contributed by atoms with Crippen molar-refractivity contribution < 1.29 is 10.2 Å². The molecule has 2 heterocycles. The lowest BCUT2D eigenvalue weighted by molar-refractivity contribution is 0.466. The number of phenols is 2. The highest BCUT2D eigenvalue weighted by Crippen LogP contribution is 2.54. The number of phenolic OH excluding ortho intramolecular Hbond substituents is 2. The van der Waals surface area contributed by atoms with Crippen LogP contribution in [0, 0.1) is 0 Å². The number of para-hydroxylation sites is 2. The molecule has 5 nitrogen and oxygen atoms in total. The maximum absolute atomic E-state index is 10.6. The summed E-state index contributed by atoms with van der Waals surface area (Å²) in [5.41, 5.74) is 19.9. The molecule has 0 atom stereocenters. The molecule has 310 valence electrons. The second-order valence-corrected chi connectivity index (χ2v) is 19.2. The fourth-order valence-corrected chi connectivity index (χ4v) is 11.1. The number of benzene rings is 8. The molecule has 0 saturated heterocycles. The van der Waals surface area contributed by atoms with Crippen molar-refractivity contribution in [2.45, 2.75) is 63.7 Å². The molecule has 0 amide bonds. The Morgan fingerprint density at radius 2 is 0.810 bits per heavy atom. The molecule has 0 unspecified atom stereocenters. The number of rotatable bonds is 4. The van der Waals surface area contributed by atoms with Crippen molar-refractivity contribution in [2.24, 2.45) is 5.84 Å². The van der Waals surface area contributed by atoms with Crippen LogP contribution in [0.2, 0.25) is 0 Å². The summed E-state index contributed by atoms with van der Waals surface area (Å²) in [6.07, 6.45) is 0. The maximum atomic E-state index is 10.6. The predicted molar refractivity (Wildman–Crippen MR) is 258 cm³/mol. The zero-order valence-electron chi connectivity index (χ0n) is 36.6. The average molecular weight is 822 g/mol. The van der Waals surface area contributed by atoms with Gasteiger partial charge in [0.1, 0.15) is 11.5 Å². The zero-order valence-corrected chi connectivity index (χ0v) is 36.6. The van der Waals surface area contributed by atoms with Crippen LogP contribution in [-0.4, -0.2) is 10.2 Å². The van der Waals surface area contributed by atoms with Crippen LogP contribution in [-0.2, 0) is 16.2 Å². The van der Waals surface area contributed by atoms with E-state index in [0.29, 0.717) is 0 Å². The van der Waals surface area contributed by atoms with Crippen molar-refractivity contribution in [3.05, 3.63) is 220 Å². The Morgan fingerprint density at radius 1 is 0.397 bits per heavy atom. The van der Waals surface area contributed by atoms with Crippen LogP contribution in [0.5, 0.6) is 11.5 Å². The molecule has 0 bridgehead atoms. The van der Waals surface area contributed by atoms with E-state index in [-0.39, 0.29) is 33.7 Å². The molecule has 8 aromatic carbocycles. The first-order valence-electron chi connectivity index (χ1n) is 21.9. The summed E-state index contributed by atoms with van der Waals surface area (Å²) < 4.78 is 0. The number of nitrogens with two attached hydrogens (primary N) is 1. The summed E-state index contributed by atoms with van der Waals surface area (Å²) in [5, 5.41) is 22.9. The lowest BCUT2D eigenvalue weighted by Gasteiger charge is -2.42. The van der Waals surface area contributed by atoms with Crippen LogP contribution in [0.15, 0.2) is 170 Å². The van der Waals surface area contributed by atoms with Gasteiger partial charge >= 0.3 is 0 Å². The molecular formula is C58H51N3O2. The van der Waals surface area contributed by atoms with E-state index in [1.165, 1.54) is 44.8 Å². The molecule has 5 heteroatoms. The van der Waals surface area contributed by atoms with E-state index in [0.717, 1.165) is 56.0 Å². The normalized spacial score (nSPS) is 16.2. The van der Waals surface area contributed by atoms with Gasteiger partial charge in [0.2, 0.25) is 0 Å². The molecule has 1 aliphatic carbocycles. The number of nitrogens with zero attached hydrogens (tertiary/aromatic N) is 2. The van der Waals surface area contributed by atoms with Gasteiger partial charge in [0, 0.05) is 27.9 Å². The molecule has 0 saturated carbocycles. The van der Waals surface area contributed by atoms with Gasteiger partial charge in [0.25, 0.3) is 0 Å². The minimum atomic E-state index is -0.388. The Morgan fingerprint density at radius 3 is 1.30 bits per heavy atom. The largest absolute Gasteiger partial charge is 0.508 e. The Kier molecular flexibility index (Phi) is 8.45. The minimum absolute atomic E-state index is 0.0425. The Bertz CT molecular complexity index is 3040. The number of aromatic hydroxyl groups is 2. The summed E-state index contributed by atoms with van der Waals surface area (Å²) >= 11 is 0. The molecule has 2 aliphatic heterocycles. The van der Waals surface area contributed by atoms with Gasteiger partial charge in [0.05, 0.1) is 22.7 Å². The summed E-state index contributed by atoms with van der Waals surface area (Å²) in [7, 11) is 0. The Hall–Kier alpha value is -7.08. The van der Waals surface area contributed by atoms with Crippen LogP contribution in [0.4, 0.5) is 28.4 Å². The molecular weight excluding hydrogens is 771 g/mol. The lowest BCUT2D eigenvalue weighted by atomic mass is 9.64. The van der Waals surface area contributed by atoms with Gasteiger partial charge in [-0.25, -0.2) is 5.84 Å². The molecule has 11 rings (SSSR count). The Balaban J connectivity index is 0.916. The van der Waals surface area contributed by atoms with Crippen molar-refractivity contribution in [2.75, 3.05) is 9.91 Å². The lowest BCUT2D eigenvalue weighted by Crippen LogP contribution is -2.36. The van der Waals surface area contributed by atoms with Crippen molar-refractivity contribution in [1.82, 2.24) is 0 Å². The van der Waals surface area contributed by atoms with Gasteiger partial charge < -0.3 is 15.1 Å². The molecule has 8 aromatic rings. The van der Waals surface area contributed by atoms with Crippen LogP contribution >= 0.6 is 0 Å². The van der Waals surface area contributed by atoms with Gasteiger partial charge in [0.15, 0.2) is 0 Å². The smallest absolute Gasteiger partial charge is 0.115 e. The van der Waals surface area contributed by atoms with E-state index < -0.39 is 0 Å². The van der Waals surface area contributed by atoms with E-state index in [4.69, 9.17) is 5.84 Å². The SMILES string of the molecule is CC1(C)c2cc(O)ccc2C(c2ccc(-c3ccc4c(c3)C(C)(C)c3cc(-c5ccc(N6c7ccccc7C(C)(C)c7ccccc76)cc5)ccc3N4N)cc2)c2ccc(O)cc21. The average Bonchev–Trinajstić information content (AvgIpc) is 3.29. The third-order valence-corrected chi connectivity index (χ3v) is 14.6. The van der Waals surface area contributed by atoms with Crippen molar-refractivity contribution in [3.8, 4) is 33.8 Å². The van der Waals surface area contributed by atoms with Crippen LogP contribution in [0.1, 0.15) is 97.5 Å². The highest BCUT2D eigenvalue weighted by molar-refractivity contribution is 5.87. The molecule has 63 heavy (non-hydrogen) atoms. The van der Waals surface area contributed by atoms with Gasteiger partial charge in [-0.2, -0.15) is 0 Å². The van der Waals surface area contributed by atoms with Gasteiger partial charge in [-0.05, 0) is 145 Å². The summed E-state index contributed by atoms with van der Waals surface area (Å²) in [5.74, 6) is 7.42. The van der Waals surface area contributed by atoms with Crippen molar-refractivity contribution in [1.29, 1.82) is 0 Å². The minimum Gasteiger partial charge on any atom is -0.508 e. The van der Waals surface area contributed by atoms with Gasteiger partial charge in [-0.3, -0.25) is 5.01 Å². The summed E-state index contributed by atoms with van der Waals surface area (Å²) in [6, 6.07) is 60.2. The predicted octanol–water partition coefficient (Wildman–Crippen LogP) is 14.0. The first kappa shape index (κ1) is 38.8. The van der Waals surface area contributed by atoms with Crippen molar-refractivity contribution in [3.63, 3.8) is 0 Å². The highest BCUT2D eigenvalue weighted by Gasteiger charge is 2.40. The monoisotopic (exact) mass is 821 g/mol. The fraction of sp³-hybridized carbons (Fsp3) is 0.172. The van der Waals surface area contributed by atoms with E-state index in [9.17, 15) is 10.2 Å². The standard InChI is InChI=1S/C58H51N3O2/c1-56(2)45-11-7-9-13-51(45)60(52-14-10-8-12-46(52)56)40-23-19-36(20-24-40)39-22-30-54-50(32-39)58(5,6)49-31-38(21-29-53(49)61(54)59)35-15-17-37(18-16-35)55-43-27-25-41(62)33-47(43)57(3,4)48-34-42(63)26-28-44(48)55/h7-34,55,62-63H,59H2,1-6H3. The van der Waals surface area contributed by atoms with E-state index in [1.54, 1.807) is 12.1 Å². The molecule has 0 radical (unpaired) electrons. The number of hydrogen-bond acceptors (Lipinski definition) is 5. The third-order valence-electron chi connectivity index (χ3n) is 14.6. The maximum Gasteiger partial charge on any atom is 0.115 e. The van der Waals surface area contributed by atoms with Crippen LogP contribution < -0.4 is 15.8 Å². The summed E-state index contributed by atoms with van der Waals surface area (Å²) in [6.45, 7) is 13.6. The topological polar surface area (TPSA) is 73.0 Å². The second-order valence-electron chi connectivity index (χ2n) is 19.2. The fourth-order valence-electron chi connectivity index (χ4n) is 11.1. The molecule has 0 fully saturated rings. The van der Waals surface area contributed by atoms with Crippen LogP contribution in [0.3, 0.4) is 0 Å². The molecule has 4 N–H and O–H groups in total. The third kappa shape index (κ3) is 5.79. The molecule has 3 aliphatic rings. The number of fused-ring (bicyclic) bond motifs is 6. The number of anilines is 5. The van der Waals surface area contributed by atoms with E-state index in [2.05, 4.69) is 192 Å². The van der Waals surface area contributed by atoms with Gasteiger partial charge in [-0.1, -0.05) is 139 Å². The molecule has 0 spiro atoms. The van der Waals surface area contributed by atoms with E-state index >= 15 is 0 Å². The number of hydrazine groups is 1. The molecule has 0 aromatic heterocycles. The van der Waals surface area contributed by atoms with Crippen LogP contribution in [0.25, 0.3) is 22.3 Å². The highest BCUT2D eigenvalue weighted by atomic mass is 16.3. The van der Waals surface area contributed by atoms with Gasteiger partial charge in [-0.15, -0.1) is 0 Å². The Labute approximate surface area is 370 Å². The van der Waals surface area contributed by atoms with E-state index in [1.807, 2.05) is 17.1 Å². The first-order chi connectivity index (χ1) is 30.2. The quantitative estimate of drug-likeness (QED) is 0.154. The number of hydrogen-bond donors (Lipinski definition) is 3. The second kappa shape index (κ2) is 13.7. The van der Waals surface area contributed by atoms with Crippen molar-refractivity contribution >= 4 is 28.4 Å². The first-order valence-corrected chi connectivity index (χ1v) is 21.9. The summed E-state index contributed by atoms with van der Waals surface area (Å²) in [4.78, 5) is 2.40. The zero-order chi connectivity index (χ0) is 43.6.